The molecule has 4 aliphatic carbocycles. The summed E-state index contributed by atoms with van der Waals surface area (Å²) in [5.41, 5.74) is 1.13. The molecule has 4 fully saturated rings. The molecule has 0 aromatic heterocycles. The van der Waals surface area contributed by atoms with Crippen LogP contribution in [-0.2, 0) is 4.79 Å². The number of benzene rings is 1. The number of amides is 3. The van der Waals surface area contributed by atoms with Crippen molar-refractivity contribution in [1.29, 1.82) is 0 Å². The van der Waals surface area contributed by atoms with Crippen molar-refractivity contribution in [2.75, 3.05) is 11.9 Å². The molecule has 1 aromatic carbocycles. The SMILES string of the molecule is CC(=O)c1cccc(NC(=O)CCNC(=O)NC23CC4CC(CC(C4)C2)C3)c1. The zero-order chi connectivity index (χ0) is 19.7. The van der Waals surface area contributed by atoms with Gasteiger partial charge in [0, 0.05) is 29.8 Å². The number of hydrogen-bond acceptors (Lipinski definition) is 3. The van der Waals surface area contributed by atoms with Gasteiger partial charge in [-0.1, -0.05) is 12.1 Å². The monoisotopic (exact) mass is 383 g/mol. The Balaban J connectivity index is 1.22. The number of carbonyl (C=O) groups is 3. The molecular weight excluding hydrogens is 354 g/mol. The maximum absolute atomic E-state index is 12.4. The number of urea groups is 1. The molecule has 4 bridgehead atoms. The van der Waals surface area contributed by atoms with Gasteiger partial charge in [0.2, 0.25) is 5.91 Å². The van der Waals surface area contributed by atoms with E-state index in [1.165, 1.54) is 26.2 Å². The average Bonchev–Trinajstić information content (AvgIpc) is 2.60. The Bertz CT molecular complexity index is 754. The lowest BCUT2D eigenvalue weighted by Crippen LogP contribution is -2.61. The standard InChI is InChI=1S/C22H29N3O3/c1-14(26)18-3-2-4-19(10-18)24-20(27)5-6-23-21(28)25-22-11-15-7-16(12-22)9-17(8-15)13-22/h2-4,10,15-17H,5-9,11-13H2,1H3,(H,24,27)(H2,23,25,28). The van der Waals surface area contributed by atoms with Gasteiger partial charge in [0.25, 0.3) is 0 Å². The second-order valence-corrected chi connectivity index (χ2v) is 9.01. The Morgan fingerprint density at radius 3 is 2.29 bits per heavy atom. The molecule has 6 heteroatoms. The summed E-state index contributed by atoms with van der Waals surface area (Å²) in [5, 5.41) is 8.86. The van der Waals surface area contributed by atoms with Crippen molar-refractivity contribution in [2.45, 2.75) is 57.4 Å². The third kappa shape index (κ3) is 4.21. The largest absolute Gasteiger partial charge is 0.338 e. The summed E-state index contributed by atoms with van der Waals surface area (Å²) >= 11 is 0. The van der Waals surface area contributed by atoms with E-state index in [2.05, 4.69) is 16.0 Å². The highest BCUT2D eigenvalue weighted by atomic mass is 16.2. The van der Waals surface area contributed by atoms with Crippen molar-refractivity contribution in [2.24, 2.45) is 17.8 Å². The maximum atomic E-state index is 12.4. The first kappa shape index (κ1) is 19.0. The fourth-order valence-electron chi connectivity index (χ4n) is 5.88. The Hall–Kier alpha value is -2.37. The normalized spacial score (nSPS) is 30.0. The van der Waals surface area contributed by atoms with Gasteiger partial charge in [-0.15, -0.1) is 0 Å². The molecule has 0 heterocycles. The number of rotatable bonds is 6. The van der Waals surface area contributed by atoms with Gasteiger partial charge in [-0.05, 0) is 75.3 Å². The minimum absolute atomic E-state index is 0.0196. The van der Waals surface area contributed by atoms with E-state index in [4.69, 9.17) is 0 Å². The van der Waals surface area contributed by atoms with Crippen LogP contribution in [0.2, 0.25) is 0 Å². The van der Waals surface area contributed by atoms with Crippen molar-refractivity contribution in [3.63, 3.8) is 0 Å². The van der Waals surface area contributed by atoms with E-state index in [0.29, 0.717) is 11.3 Å². The minimum Gasteiger partial charge on any atom is -0.338 e. The van der Waals surface area contributed by atoms with Crippen LogP contribution in [-0.4, -0.2) is 29.8 Å². The summed E-state index contributed by atoms with van der Waals surface area (Å²) in [6.07, 6.45) is 7.55. The second kappa shape index (κ2) is 7.57. The highest BCUT2D eigenvalue weighted by molar-refractivity contribution is 5.97. The van der Waals surface area contributed by atoms with Crippen molar-refractivity contribution >= 4 is 23.4 Å². The van der Waals surface area contributed by atoms with Crippen LogP contribution in [0.5, 0.6) is 0 Å². The highest BCUT2D eigenvalue weighted by Crippen LogP contribution is 2.55. The molecule has 0 radical (unpaired) electrons. The van der Waals surface area contributed by atoms with Gasteiger partial charge in [0.15, 0.2) is 5.78 Å². The lowest BCUT2D eigenvalue weighted by atomic mass is 9.53. The molecule has 28 heavy (non-hydrogen) atoms. The zero-order valence-corrected chi connectivity index (χ0v) is 16.4. The third-order valence-corrected chi connectivity index (χ3v) is 6.61. The smallest absolute Gasteiger partial charge is 0.315 e. The van der Waals surface area contributed by atoms with Gasteiger partial charge in [0.05, 0.1) is 0 Å². The van der Waals surface area contributed by atoms with E-state index >= 15 is 0 Å². The lowest BCUT2D eigenvalue weighted by molar-refractivity contribution is -0.116. The van der Waals surface area contributed by atoms with E-state index in [1.807, 2.05) is 0 Å². The molecule has 4 aliphatic rings. The Labute approximate surface area is 165 Å². The molecule has 6 nitrogen and oxygen atoms in total. The van der Waals surface area contributed by atoms with Crippen LogP contribution in [0.4, 0.5) is 10.5 Å². The maximum Gasteiger partial charge on any atom is 0.315 e. The summed E-state index contributed by atoms with van der Waals surface area (Å²) in [6.45, 7) is 1.78. The van der Waals surface area contributed by atoms with Crippen molar-refractivity contribution in [3.8, 4) is 0 Å². The molecule has 150 valence electrons. The molecular formula is C22H29N3O3. The van der Waals surface area contributed by atoms with E-state index in [1.54, 1.807) is 24.3 Å². The van der Waals surface area contributed by atoms with E-state index < -0.39 is 0 Å². The van der Waals surface area contributed by atoms with Crippen LogP contribution in [0.25, 0.3) is 0 Å². The summed E-state index contributed by atoms with van der Waals surface area (Å²) in [4.78, 5) is 35.9. The highest BCUT2D eigenvalue weighted by Gasteiger charge is 2.51. The van der Waals surface area contributed by atoms with Crippen molar-refractivity contribution in [1.82, 2.24) is 10.6 Å². The average molecular weight is 383 g/mol. The van der Waals surface area contributed by atoms with E-state index in [0.717, 1.165) is 37.0 Å². The molecule has 3 amide bonds. The molecule has 1 aromatic rings. The van der Waals surface area contributed by atoms with Crippen LogP contribution >= 0.6 is 0 Å². The molecule has 0 saturated heterocycles. The van der Waals surface area contributed by atoms with Gasteiger partial charge in [0.1, 0.15) is 0 Å². The molecule has 0 unspecified atom stereocenters. The summed E-state index contributed by atoms with van der Waals surface area (Å²) in [7, 11) is 0. The summed E-state index contributed by atoms with van der Waals surface area (Å²) in [5.74, 6) is 2.12. The topological polar surface area (TPSA) is 87.3 Å². The van der Waals surface area contributed by atoms with Gasteiger partial charge in [-0.3, -0.25) is 9.59 Å². The number of hydrogen-bond donors (Lipinski definition) is 3. The predicted octanol–water partition coefficient (Wildman–Crippen LogP) is 3.49. The predicted molar refractivity (Wildman–Crippen MR) is 107 cm³/mol. The summed E-state index contributed by atoms with van der Waals surface area (Å²) in [6, 6.07) is 6.70. The quantitative estimate of drug-likeness (QED) is 0.657. The van der Waals surface area contributed by atoms with Gasteiger partial charge < -0.3 is 16.0 Å². The Morgan fingerprint density at radius 2 is 1.68 bits per heavy atom. The zero-order valence-electron chi connectivity index (χ0n) is 16.4. The Kier molecular flexibility index (Phi) is 5.13. The molecule has 4 saturated carbocycles. The van der Waals surface area contributed by atoms with Crippen LogP contribution in [0.1, 0.15) is 62.2 Å². The fraction of sp³-hybridized carbons (Fsp3) is 0.591. The molecule has 5 rings (SSSR count). The number of ketones is 1. The molecule has 0 atom stereocenters. The van der Waals surface area contributed by atoms with Crippen LogP contribution < -0.4 is 16.0 Å². The summed E-state index contributed by atoms with van der Waals surface area (Å²) < 4.78 is 0. The first-order valence-corrected chi connectivity index (χ1v) is 10.4. The number of Topliss-reactive ketones (excluding diaryl/α,β-unsaturated/α-hetero) is 1. The Morgan fingerprint density at radius 1 is 1.04 bits per heavy atom. The first-order chi connectivity index (χ1) is 13.4. The van der Waals surface area contributed by atoms with Crippen molar-refractivity contribution < 1.29 is 14.4 Å². The molecule has 3 N–H and O–H groups in total. The molecule has 0 spiro atoms. The van der Waals surface area contributed by atoms with Gasteiger partial charge in [-0.2, -0.15) is 0 Å². The van der Waals surface area contributed by atoms with Crippen LogP contribution in [0, 0.1) is 17.8 Å². The van der Waals surface area contributed by atoms with Gasteiger partial charge in [-0.25, -0.2) is 4.79 Å². The first-order valence-electron chi connectivity index (χ1n) is 10.4. The minimum atomic E-state index is -0.184. The number of anilines is 1. The van der Waals surface area contributed by atoms with Gasteiger partial charge >= 0.3 is 6.03 Å². The third-order valence-electron chi connectivity index (χ3n) is 6.61. The van der Waals surface area contributed by atoms with Crippen LogP contribution in [0.3, 0.4) is 0 Å². The second-order valence-electron chi connectivity index (χ2n) is 9.01. The van der Waals surface area contributed by atoms with Crippen LogP contribution in [0.15, 0.2) is 24.3 Å². The number of carbonyl (C=O) groups excluding carboxylic acids is 3. The number of nitrogens with one attached hydrogen (secondary N) is 3. The van der Waals surface area contributed by atoms with E-state index in [-0.39, 0.29) is 36.2 Å². The molecule has 0 aliphatic heterocycles. The fourth-order valence-corrected chi connectivity index (χ4v) is 5.88. The van der Waals surface area contributed by atoms with Crippen molar-refractivity contribution in [3.05, 3.63) is 29.8 Å². The lowest BCUT2D eigenvalue weighted by Gasteiger charge is -2.56. The van der Waals surface area contributed by atoms with E-state index in [9.17, 15) is 14.4 Å².